The van der Waals surface area contributed by atoms with Crippen molar-refractivity contribution in [2.24, 2.45) is 0 Å². The zero-order chi connectivity index (χ0) is 14.5. The Labute approximate surface area is 108 Å². The van der Waals surface area contributed by atoms with Gasteiger partial charge in [-0.25, -0.2) is 0 Å². The van der Waals surface area contributed by atoms with Crippen LogP contribution in [0.3, 0.4) is 0 Å². The van der Waals surface area contributed by atoms with E-state index in [1.165, 1.54) is 6.92 Å². The second-order valence-corrected chi connectivity index (χ2v) is 5.80. The molecule has 1 unspecified atom stereocenters. The predicted octanol–water partition coefficient (Wildman–Crippen LogP) is 0.0185. The van der Waals surface area contributed by atoms with E-state index in [9.17, 15) is 18.3 Å². The Kier molecular flexibility index (Phi) is 6.34. The van der Waals surface area contributed by atoms with Gasteiger partial charge in [0.05, 0.1) is 5.97 Å². The minimum Gasteiger partial charge on any atom is -0.545 e. The highest BCUT2D eigenvalue weighted by Gasteiger charge is 2.29. The van der Waals surface area contributed by atoms with Crippen molar-refractivity contribution < 1.29 is 22.9 Å². The maximum absolute atomic E-state index is 11.3. The summed E-state index contributed by atoms with van der Waals surface area (Å²) >= 11 is 0. The highest BCUT2D eigenvalue weighted by molar-refractivity contribution is 7.86. The molecule has 1 atom stereocenters. The number of nitrogens with zero attached hydrogens (tertiary/aromatic N) is 1. The predicted molar refractivity (Wildman–Crippen MR) is 66.3 cm³/mol. The van der Waals surface area contributed by atoms with Gasteiger partial charge in [0.15, 0.2) is 0 Å². The van der Waals surface area contributed by atoms with Gasteiger partial charge >= 0.3 is 0 Å². The van der Waals surface area contributed by atoms with Crippen LogP contribution >= 0.6 is 0 Å². The molecule has 106 valence electrons. The van der Waals surface area contributed by atoms with E-state index < -0.39 is 21.3 Å². The molecular formula is C11H20NO5S-. The third kappa shape index (κ3) is 4.30. The van der Waals surface area contributed by atoms with Crippen LogP contribution in [0.4, 0.5) is 0 Å². The molecule has 0 fully saturated rings. The van der Waals surface area contributed by atoms with Crippen molar-refractivity contribution in [3.63, 3.8) is 0 Å². The summed E-state index contributed by atoms with van der Waals surface area (Å²) in [6.45, 7) is 3.35. The number of hydrogen-bond donors (Lipinski definition) is 1. The fraction of sp³-hybridized carbons (Fsp3) is 0.727. The van der Waals surface area contributed by atoms with Gasteiger partial charge in [0.2, 0.25) is 0 Å². The zero-order valence-corrected chi connectivity index (χ0v) is 12.0. The summed E-state index contributed by atoms with van der Waals surface area (Å²) < 4.78 is 31.6. The molecule has 0 aromatic heterocycles. The highest BCUT2D eigenvalue weighted by Crippen LogP contribution is 2.22. The standard InChI is InChI=1S/C11H21NO5S/c1-5-7-8(12(3)4)10(11(13)14)9(6-2)18(15,16)17/h9H,5-7H2,1-4H3,(H,13,14)(H,15,16,17)/p-1/b10-8-. The molecule has 0 heterocycles. The number of carbonyl (C=O) groups is 1. The minimum absolute atomic E-state index is 0.0246. The topological polar surface area (TPSA) is 97.7 Å². The smallest absolute Gasteiger partial charge is 0.272 e. The van der Waals surface area contributed by atoms with E-state index in [0.717, 1.165) is 0 Å². The second-order valence-electron chi connectivity index (χ2n) is 4.20. The Balaban J connectivity index is 5.93. The molecule has 0 saturated heterocycles. The van der Waals surface area contributed by atoms with E-state index in [0.29, 0.717) is 18.5 Å². The number of allylic oxidation sites excluding steroid dienone is 1. The molecule has 0 aromatic rings. The van der Waals surface area contributed by atoms with Gasteiger partial charge in [-0.15, -0.1) is 0 Å². The first-order chi connectivity index (χ1) is 8.16. The summed E-state index contributed by atoms with van der Waals surface area (Å²) in [4.78, 5) is 12.7. The van der Waals surface area contributed by atoms with Crippen molar-refractivity contribution in [1.82, 2.24) is 4.90 Å². The van der Waals surface area contributed by atoms with E-state index in [2.05, 4.69) is 0 Å². The fourth-order valence-corrected chi connectivity index (χ4v) is 2.79. The average Bonchev–Trinajstić information content (AvgIpc) is 2.20. The number of aliphatic carboxylic acids is 1. The van der Waals surface area contributed by atoms with Crippen molar-refractivity contribution in [2.75, 3.05) is 14.1 Å². The van der Waals surface area contributed by atoms with Gasteiger partial charge < -0.3 is 14.8 Å². The first-order valence-corrected chi connectivity index (χ1v) is 7.25. The van der Waals surface area contributed by atoms with Gasteiger partial charge in [-0.1, -0.05) is 20.3 Å². The van der Waals surface area contributed by atoms with E-state index in [-0.39, 0.29) is 12.0 Å². The van der Waals surface area contributed by atoms with Gasteiger partial charge in [0.25, 0.3) is 10.1 Å². The summed E-state index contributed by atoms with van der Waals surface area (Å²) in [6.07, 6.45) is 1.04. The van der Waals surface area contributed by atoms with Crippen molar-refractivity contribution in [2.45, 2.75) is 38.4 Å². The van der Waals surface area contributed by atoms with Crippen molar-refractivity contribution in [3.05, 3.63) is 11.3 Å². The van der Waals surface area contributed by atoms with Crippen LogP contribution in [0.15, 0.2) is 11.3 Å². The average molecular weight is 278 g/mol. The first-order valence-electron chi connectivity index (χ1n) is 5.74. The van der Waals surface area contributed by atoms with E-state index in [4.69, 9.17) is 4.55 Å². The zero-order valence-electron chi connectivity index (χ0n) is 11.1. The fourth-order valence-electron chi connectivity index (χ4n) is 1.83. The third-order valence-corrected chi connectivity index (χ3v) is 3.90. The van der Waals surface area contributed by atoms with Crippen molar-refractivity contribution in [3.8, 4) is 0 Å². The maximum atomic E-state index is 11.3. The van der Waals surface area contributed by atoms with Gasteiger partial charge in [0.1, 0.15) is 5.25 Å². The van der Waals surface area contributed by atoms with Gasteiger partial charge in [-0.2, -0.15) is 8.42 Å². The molecule has 1 N–H and O–H groups in total. The van der Waals surface area contributed by atoms with E-state index in [1.807, 2.05) is 6.92 Å². The van der Waals surface area contributed by atoms with Crippen molar-refractivity contribution >= 4 is 16.1 Å². The minimum atomic E-state index is -4.46. The van der Waals surface area contributed by atoms with E-state index >= 15 is 0 Å². The molecule has 0 saturated carbocycles. The van der Waals surface area contributed by atoms with Crippen LogP contribution in [-0.4, -0.2) is 43.2 Å². The number of carboxylic acid groups (broad SMARTS) is 1. The molecule has 6 nitrogen and oxygen atoms in total. The lowest BCUT2D eigenvalue weighted by Crippen LogP contribution is -2.37. The van der Waals surface area contributed by atoms with Crippen LogP contribution in [0.25, 0.3) is 0 Å². The molecule has 0 rings (SSSR count). The molecule has 0 aliphatic carbocycles. The molecule has 0 spiro atoms. The summed E-state index contributed by atoms with van der Waals surface area (Å²) in [5, 5.41) is 9.74. The Morgan fingerprint density at radius 2 is 1.83 bits per heavy atom. The maximum Gasteiger partial charge on any atom is 0.272 e. The number of hydrogen-bond acceptors (Lipinski definition) is 5. The summed E-state index contributed by atoms with van der Waals surface area (Å²) in [5.74, 6) is -1.56. The molecular weight excluding hydrogens is 258 g/mol. The summed E-state index contributed by atoms with van der Waals surface area (Å²) in [6, 6.07) is 0. The first kappa shape index (κ1) is 16.9. The summed E-state index contributed by atoms with van der Waals surface area (Å²) in [5.41, 5.74) is 0.00817. The molecule has 0 bridgehead atoms. The quantitative estimate of drug-likeness (QED) is 0.521. The Hall–Kier alpha value is -1.08. The Bertz CT molecular complexity index is 425. The van der Waals surface area contributed by atoms with Gasteiger partial charge in [-0.3, -0.25) is 4.55 Å². The Morgan fingerprint density at radius 3 is 2.06 bits per heavy atom. The lowest BCUT2D eigenvalue weighted by atomic mass is 10.0. The lowest BCUT2D eigenvalue weighted by Gasteiger charge is -2.26. The highest BCUT2D eigenvalue weighted by atomic mass is 32.2. The number of rotatable bonds is 7. The van der Waals surface area contributed by atoms with Crippen LogP contribution in [0.1, 0.15) is 33.1 Å². The van der Waals surface area contributed by atoms with Gasteiger partial charge in [0, 0.05) is 25.4 Å². The monoisotopic (exact) mass is 278 g/mol. The number of carbonyl (C=O) groups excluding carboxylic acids is 1. The molecule has 0 amide bonds. The molecule has 0 aromatic carbocycles. The van der Waals surface area contributed by atoms with Crippen LogP contribution < -0.4 is 5.11 Å². The largest absolute Gasteiger partial charge is 0.545 e. The Morgan fingerprint density at radius 1 is 1.33 bits per heavy atom. The van der Waals surface area contributed by atoms with Crippen LogP contribution in [0.5, 0.6) is 0 Å². The molecule has 0 radical (unpaired) electrons. The number of carboxylic acids is 1. The molecule has 7 heteroatoms. The summed E-state index contributed by atoms with van der Waals surface area (Å²) in [7, 11) is -1.20. The molecule has 0 aliphatic rings. The van der Waals surface area contributed by atoms with Crippen LogP contribution in [-0.2, 0) is 14.9 Å². The third-order valence-electron chi connectivity index (χ3n) is 2.61. The lowest BCUT2D eigenvalue weighted by molar-refractivity contribution is -0.299. The molecule has 18 heavy (non-hydrogen) atoms. The van der Waals surface area contributed by atoms with Crippen molar-refractivity contribution in [1.29, 1.82) is 0 Å². The van der Waals surface area contributed by atoms with Gasteiger partial charge in [-0.05, 0) is 12.8 Å². The van der Waals surface area contributed by atoms with E-state index in [1.54, 1.807) is 19.0 Å². The van der Waals surface area contributed by atoms with Crippen LogP contribution in [0.2, 0.25) is 0 Å². The SMILES string of the molecule is CCC/C(=C(/C(=O)[O-])C(CC)S(=O)(=O)O)N(C)C. The van der Waals surface area contributed by atoms with Crippen LogP contribution in [0, 0.1) is 0 Å². The molecule has 0 aliphatic heterocycles. The normalized spacial score (nSPS) is 14.9. The second kappa shape index (κ2) is 6.75.